The molecule has 0 saturated heterocycles. The largest absolute Gasteiger partial charge is 0.496 e. The molecule has 0 spiro atoms. The van der Waals surface area contributed by atoms with Gasteiger partial charge in [0.1, 0.15) is 11.4 Å². The van der Waals surface area contributed by atoms with Gasteiger partial charge in [-0.05, 0) is 42.8 Å². The molecule has 0 N–H and O–H groups in total. The van der Waals surface area contributed by atoms with Gasteiger partial charge in [0.15, 0.2) is 0 Å². The quantitative estimate of drug-likeness (QED) is 0.550. The van der Waals surface area contributed by atoms with Crippen LogP contribution in [0.2, 0.25) is 0 Å². The summed E-state index contributed by atoms with van der Waals surface area (Å²) in [6.07, 6.45) is 3.30. The predicted octanol–water partition coefficient (Wildman–Crippen LogP) is 3.90. The van der Waals surface area contributed by atoms with Gasteiger partial charge in [-0.2, -0.15) is 0 Å². The Balaban J connectivity index is 1.87. The summed E-state index contributed by atoms with van der Waals surface area (Å²) in [6.45, 7) is 2.66. The number of nitrogens with zero attached hydrogens (tertiary/aromatic N) is 3. The first-order valence-electron chi connectivity index (χ1n) is 10.1. The fraction of sp³-hybridized carbons (Fsp3) is 0.160. The highest BCUT2D eigenvalue weighted by molar-refractivity contribution is 6.37. The van der Waals surface area contributed by atoms with Crippen LogP contribution >= 0.6 is 0 Å². The van der Waals surface area contributed by atoms with Crippen LogP contribution in [0.5, 0.6) is 5.75 Å². The summed E-state index contributed by atoms with van der Waals surface area (Å²) in [5.74, 6) is -0.116. The Kier molecular flexibility index (Phi) is 5.80. The second kappa shape index (κ2) is 8.83. The van der Waals surface area contributed by atoms with Gasteiger partial charge in [0.05, 0.1) is 19.2 Å². The second-order valence-corrected chi connectivity index (χ2v) is 7.06. The monoisotopic (exact) mass is 413 g/mol. The summed E-state index contributed by atoms with van der Waals surface area (Å²) in [5.41, 5.74) is 2.99. The summed E-state index contributed by atoms with van der Waals surface area (Å²) in [4.78, 5) is 34.4. The van der Waals surface area contributed by atoms with Crippen molar-refractivity contribution in [1.29, 1.82) is 0 Å². The normalized spacial score (nSPS) is 13.7. The molecule has 0 saturated carbocycles. The third-order valence-corrected chi connectivity index (χ3v) is 5.26. The van der Waals surface area contributed by atoms with Crippen molar-refractivity contribution in [3.05, 3.63) is 95.9 Å². The molecular weight excluding hydrogens is 390 g/mol. The number of carbonyl (C=O) groups is 2. The van der Waals surface area contributed by atoms with E-state index in [1.165, 1.54) is 4.90 Å². The molecule has 0 unspecified atom stereocenters. The maximum atomic E-state index is 13.6. The van der Waals surface area contributed by atoms with Crippen molar-refractivity contribution in [3.63, 3.8) is 0 Å². The van der Waals surface area contributed by atoms with E-state index in [-0.39, 0.29) is 18.4 Å². The van der Waals surface area contributed by atoms with E-state index < -0.39 is 0 Å². The molecule has 2 heterocycles. The van der Waals surface area contributed by atoms with Gasteiger partial charge in [-0.3, -0.25) is 19.5 Å². The van der Waals surface area contributed by atoms with Crippen molar-refractivity contribution >= 4 is 23.1 Å². The van der Waals surface area contributed by atoms with Crippen LogP contribution in [0.4, 0.5) is 5.69 Å². The van der Waals surface area contributed by atoms with E-state index in [0.29, 0.717) is 29.1 Å². The Bertz CT molecular complexity index is 1130. The fourth-order valence-corrected chi connectivity index (χ4v) is 3.80. The number of methoxy groups -OCH3 is 1. The lowest BCUT2D eigenvalue weighted by molar-refractivity contribution is -0.137. The number of pyridine rings is 1. The summed E-state index contributed by atoms with van der Waals surface area (Å²) in [7, 11) is 1.56. The summed E-state index contributed by atoms with van der Waals surface area (Å²) in [6, 6.07) is 20.5. The number of hydrogen-bond donors (Lipinski definition) is 0. The van der Waals surface area contributed by atoms with E-state index in [1.54, 1.807) is 37.7 Å². The minimum atomic E-state index is -0.337. The molecule has 0 bridgehead atoms. The lowest BCUT2D eigenvalue weighted by atomic mass is 10.0. The SMILES string of the molecule is CCN(C1=C(c2ccccc2OC)C(=O)N(Cc2ccncc2)C1=O)c1ccccc1. The zero-order valence-electron chi connectivity index (χ0n) is 17.5. The van der Waals surface area contributed by atoms with Crippen molar-refractivity contribution < 1.29 is 14.3 Å². The predicted molar refractivity (Wildman–Crippen MR) is 119 cm³/mol. The molecule has 0 atom stereocenters. The van der Waals surface area contributed by atoms with Gasteiger partial charge in [-0.25, -0.2) is 0 Å². The van der Waals surface area contributed by atoms with Gasteiger partial charge in [-0.15, -0.1) is 0 Å². The number of rotatable bonds is 7. The first kappa shape index (κ1) is 20.3. The molecule has 6 nitrogen and oxygen atoms in total. The number of amides is 2. The molecule has 1 aliphatic rings. The fourth-order valence-electron chi connectivity index (χ4n) is 3.80. The van der Waals surface area contributed by atoms with Crippen molar-refractivity contribution in [1.82, 2.24) is 9.88 Å². The van der Waals surface area contributed by atoms with Crippen LogP contribution in [-0.4, -0.2) is 35.4 Å². The molecule has 2 amide bonds. The Morgan fingerprint density at radius 3 is 2.26 bits per heavy atom. The van der Waals surface area contributed by atoms with E-state index in [0.717, 1.165) is 11.3 Å². The number of benzene rings is 2. The highest BCUT2D eigenvalue weighted by Gasteiger charge is 2.42. The van der Waals surface area contributed by atoms with E-state index in [4.69, 9.17) is 4.74 Å². The molecule has 0 fully saturated rings. The van der Waals surface area contributed by atoms with Gasteiger partial charge in [0, 0.05) is 30.2 Å². The molecule has 3 aromatic rings. The molecule has 0 aliphatic carbocycles. The van der Waals surface area contributed by atoms with Crippen LogP contribution in [0.15, 0.2) is 84.8 Å². The molecule has 1 aliphatic heterocycles. The van der Waals surface area contributed by atoms with Crippen molar-refractivity contribution in [2.75, 3.05) is 18.6 Å². The van der Waals surface area contributed by atoms with Crippen molar-refractivity contribution in [2.24, 2.45) is 0 Å². The summed E-state index contributed by atoms with van der Waals surface area (Å²) < 4.78 is 5.52. The Morgan fingerprint density at radius 2 is 1.58 bits per heavy atom. The van der Waals surface area contributed by atoms with Gasteiger partial charge in [0.2, 0.25) is 0 Å². The zero-order valence-corrected chi connectivity index (χ0v) is 17.5. The van der Waals surface area contributed by atoms with Gasteiger partial charge >= 0.3 is 0 Å². The number of carbonyl (C=O) groups excluding carboxylic acids is 2. The van der Waals surface area contributed by atoms with E-state index >= 15 is 0 Å². The van der Waals surface area contributed by atoms with Gasteiger partial charge in [0.25, 0.3) is 11.8 Å². The van der Waals surface area contributed by atoms with Crippen LogP contribution in [0.25, 0.3) is 5.57 Å². The van der Waals surface area contributed by atoms with E-state index in [1.807, 2.05) is 60.4 Å². The maximum Gasteiger partial charge on any atom is 0.278 e. The van der Waals surface area contributed by atoms with Gasteiger partial charge in [-0.1, -0.05) is 36.4 Å². The first-order chi connectivity index (χ1) is 15.2. The average molecular weight is 413 g/mol. The maximum absolute atomic E-state index is 13.6. The lowest BCUT2D eigenvalue weighted by Crippen LogP contribution is -2.34. The number of hydrogen-bond acceptors (Lipinski definition) is 5. The number of anilines is 1. The first-order valence-corrected chi connectivity index (χ1v) is 10.1. The number of aromatic nitrogens is 1. The van der Waals surface area contributed by atoms with Crippen LogP contribution in [-0.2, 0) is 16.1 Å². The van der Waals surface area contributed by atoms with E-state index in [9.17, 15) is 9.59 Å². The molecule has 2 aromatic carbocycles. The minimum Gasteiger partial charge on any atom is -0.496 e. The van der Waals surface area contributed by atoms with Crippen LogP contribution in [0.3, 0.4) is 0 Å². The molecular formula is C25H23N3O3. The number of likely N-dealkylation sites (N-methyl/N-ethyl adjacent to an activating group) is 1. The minimum absolute atomic E-state index is 0.175. The van der Waals surface area contributed by atoms with Crippen molar-refractivity contribution in [2.45, 2.75) is 13.5 Å². The lowest BCUT2D eigenvalue weighted by Gasteiger charge is -2.25. The highest BCUT2D eigenvalue weighted by Crippen LogP contribution is 2.38. The number of imide groups is 1. The van der Waals surface area contributed by atoms with Crippen LogP contribution in [0, 0.1) is 0 Å². The van der Waals surface area contributed by atoms with Crippen molar-refractivity contribution in [3.8, 4) is 5.75 Å². The Labute approximate surface area is 181 Å². The molecule has 1 aromatic heterocycles. The van der Waals surface area contributed by atoms with Crippen LogP contribution < -0.4 is 9.64 Å². The third-order valence-electron chi connectivity index (χ3n) is 5.26. The Morgan fingerprint density at radius 1 is 0.903 bits per heavy atom. The second-order valence-electron chi connectivity index (χ2n) is 7.06. The topological polar surface area (TPSA) is 62.7 Å². The summed E-state index contributed by atoms with van der Waals surface area (Å²) >= 11 is 0. The highest BCUT2D eigenvalue weighted by atomic mass is 16.5. The molecule has 6 heteroatoms. The number of ether oxygens (including phenoxy) is 1. The zero-order chi connectivity index (χ0) is 21.8. The standard InChI is InChI=1S/C25H23N3O3/c1-3-27(19-9-5-4-6-10-19)23-22(20-11-7-8-12-21(20)31-2)24(29)28(25(23)30)17-18-13-15-26-16-14-18/h4-16H,3,17H2,1-2H3. The molecule has 4 rings (SSSR count). The molecule has 0 radical (unpaired) electrons. The van der Waals surface area contributed by atoms with Gasteiger partial charge < -0.3 is 9.64 Å². The van der Waals surface area contributed by atoms with Crippen LogP contribution in [0.1, 0.15) is 18.1 Å². The average Bonchev–Trinajstić information content (AvgIpc) is 3.06. The Hall–Kier alpha value is -3.93. The number of para-hydroxylation sites is 2. The van der Waals surface area contributed by atoms with E-state index in [2.05, 4.69) is 4.98 Å². The third kappa shape index (κ3) is 3.80. The summed E-state index contributed by atoms with van der Waals surface area (Å²) in [5, 5.41) is 0. The molecule has 31 heavy (non-hydrogen) atoms. The smallest absolute Gasteiger partial charge is 0.278 e. The molecule has 156 valence electrons.